The summed E-state index contributed by atoms with van der Waals surface area (Å²) in [7, 11) is 0. The fourth-order valence-electron chi connectivity index (χ4n) is 1.25. The lowest BCUT2D eigenvalue weighted by atomic mass is 10.1. The van der Waals surface area contributed by atoms with E-state index >= 15 is 0 Å². The summed E-state index contributed by atoms with van der Waals surface area (Å²) >= 11 is 1.80. The third-order valence-electron chi connectivity index (χ3n) is 2.19. The zero-order valence-electron chi connectivity index (χ0n) is 9.19. The fourth-order valence-corrected chi connectivity index (χ4v) is 2.19. The summed E-state index contributed by atoms with van der Waals surface area (Å²) in [5, 5.41) is 8.61. The number of hydrogen-bond acceptors (Lipinski definition) is 2. The van der Waals surface area contributed by atoms with Gasteiger partial charge >= 0.3 is 5.97 Å². The molecule has 0 radical (unpaired) electrons. The van der Waals surface area contributed by atoms with Gasteiger partial charge in [-0.2, -0.15) is 0 Å². The van der Waals surface area contributed by atoms with E-state index in [2.05, 4.69) is 18.7 Å². The highest BCUT2D eigenvalue weighted by Gasteiger charge is 2.02. The maximum absolute atomic E-state index is 10.5. The summed E-state index contributed by atoms with van der Waals surface area (Å²) in [6, 6.07) is 10.2. The summed E-state index contributed by atoms with van der Waals surface area (Å²) in [6.07, 6.45) is 2.50. The molecule has 1 aromatic rings. The third-order valence-corrected chi connectivity index (χ3v) is 3.29. The predicted octanol–water partition coefficient (Wildman–Crippen LogP) is 3.59. The molecule has 0 spiro atoms. The van der Waals surface area contributed by atoms with Crippen molar-refractivity contribution in [3.05, 3.63) is 42.5 Å². The standard InChI is InChI=1S/C13H16O2S/c1-11(13(14)15)7-5-6-10-16-12-8-3-2-4-9-12/h2-4,8-9H,1,5-7,10H2,(H,14,15). The number of carbonyl (C=O) groups is 1. The maximum atomic E-state index is 10.5. The van der Waals surface area contributed by atoms with Crippen LogP contribution in [0.1, 0.15) is 19.3 Å². The predicted molar refractivity (Wildman–Crippen MR) is 67.8 cm³/mol. The first-order valence-corrected chi connectivity index (χ1v) is 6.27. The van der Waals surface area contributed by atoms with E-state index in [1.54, 1.807) is 11.8 Å². The molecule has 0 aromatic heterocycles. The molecule has 0 bridgehead atoms. The Morgan fingerprint density at radius 3 is 2.56 bits per heavy atom. The van der Waals surface area contributed by atoms with Crippen molar-refractivity contribution >= 4 is 17.7 Å². The van der Waals surface area contributed by atoms with Crippen LogP contribution in [0.25, 0.3) is 0 Å². The quantitative estimate of drug-likeness (QED) is 0.446. The van der Waals surface area contributed by atoms with Gasteiger partial charge in [0.1, 0.15) is 0 Å². The largest absolute Gasteiger partial charge is 0.478 e. The van der Waals surface area contributed by atoms with E-state index in [0.717, 1.165) is 18.6 Å². The summed E-state index contributed by atoms with van der Waals surface area (Å²) < 4.78 is 0. The lowest BCUT2D eigenvalue weighted by Crippen LogP contribution is -1.98. The molecular weight excluding hydrogens is 220 g/mol. The van der Waals surface area contributed by atoms with Crippen LogP contribution in [0.3, 0.4) is 0 Å². The molecule has 0 fully saturated rings. The van der Waals surface area contributed by atoms with Crippen molar-refractivity contribution in [3.63, 3.8) is 0 Å². The zero-order chi connectivity index (χ0) is 11.8. The lowest BCUT2D eigenvalue weighted by molar-refractivity contribution is -0.132. The normalized spacial score (nSPS) is 10.0. The highest BCUT2D eigenvalue weighted by molar-refractivity contribution is 7.99. The van der Waals surface area contributed by atoms with Gasteiger partial charge in [-0.15, -0.1) is 11.8 Å². The Labute approximate surface area is 100 Å². The Kier molecular flexibility index (Phi) is 5.72. The molecule has 1 rings (SSSR count). The van der Waals surface area contributed by atoms with Gasteiger partial charge in [0.15, 0.2) is 0 Å². The van der Waals surface area contributed by atoms with Gasteiger partial charge in [0.2, 0.25) is 0 Å². The van der Waals surface area contributed by atoms with Crippen LogP contribution < -0.4 is 0 Å². The summed E-state index contributed by atoms with van der Waals surface area (Å²) in [6.45, 7) is 3.50. The molecule has 1 aromatic carbocycles. The van der Waals surface area contributed by atoms with Crippen molar-refractivity contribution in [3.8, 4) is 0 Å². The van der Waals surface area contributed by atoms with Crippen LogP contribution >= 0.6 is 11.8 Å². The van der Waals surface area contributed by atoms with Crippen molar-refractivity contribution in [2.75, 3.05) is 5.75 Å². The Hall–Kier alpha value is -1.22. The molecule has 0 atom stereocenters. The van der Waals surface area contributed by atoms with E-state index in [9.17, 15) is 4.79 Å². The van der Waals surface area contributed by atoms with Gasteiger partial charge in [0.25, 0.3) is 0 Å². The van der Waals surface area contributed by atoms with Crippen LogP contribution in [-0.4, -0.2) is 16.8 Å². The van der Waals surface area contributed by atoms with Crippen LogP contribution in [0.4, 0.5) is 0 Å². The molecule has 0 heterocycles. The van der Waals surface area contributed by atoms with Gasteiger partial charge < -0.3 is 5.11 Å². The molecule has 0 aliphatic rings. The van der Waals surface area contributed by atoms with Crippen LogP contribution in [0.15, 0.2) is 47.4 Å². The minimum atomic E-state index is -0.879. The zero-order valence-corrected chi connectivity index (χ0v) is 10.0. The van der Waals surface area contributed by atoms with Gasteiger partial charge in [-0.3, -0.25) is 0 Å². The van der Waals surface area contributed by atoms with E-state index in [0.29, 0.717) is 12.0 Å². The van der Waals surface area contributed by atoms with Gasteiger partial charge in [-0.1, -0.05) is 24.8 Å². The number of thioether (sulfide) groups is 1. The average molecular weight is 236 g/mol. The average Bonchev–Trinajstić information content (AvgIpc) is 2.29. The molecule has 0 amide bonds. The topological polar surface area (TPSA) is 37.3 Å². The maximum Gasteiger partial charge on any atom is 0.330 e. The number of carboxylic acid groups (broad SMARTS) is 1. The van der Waals surface area contributed by atoms with Crippen molar-refractivity contribution in [1.29, 1.82) is 0 Å². The van der Waals surface area contributed by atoms with E-state index in [1.807, 2.05) is 18.2 Å². The number of hydrogen-bond donors (Lipinski definition) is 1. The second-order valence-corrected chi connectivity index (χ2v) is 4.70. The Balaban J connectivity index is 2.09. The lowest BCUT2D eigenvalue weighted by Gasteiger charge is -2.02. The Bertz CT molecular complexity index is 346. The number of aliphatic carboxylic acids is 1. The van der Waals surface area contributed by atoms with Crippen molar-refractivity contribution in [1.82, 2.24) is 0 Å². The number of unbranched alkanes of at least 4 members (excludes halogenated alkanes) is 1. The summed E-state index contributed by atoms with van der Waals surface area (Å²) in [5.41, 5.74) is 0.310. The van der Waals surface area contributed by atoms with Crippen LogP contribution in [-0.2, 0) is 4.79 Å². The van der Waals surface area contributed by atoms with Gasteiger partial charge in [-0.25, -0.2) is 4.79 Å². The molecule has 16 heavy (non-hydrogen) atoms. The van der Waals surface area contributed by atoms with Crippen molar-refractivity contribution < 1.29 is 9.90 Å². The van der Waals surface area contributed by atoms with E-state index in [1.165, 1.54) is 4.90 Å². The first-order chi connectivity index (χ1) is 7.70. The Morgan fingerprint density at radius 2 is 1.94 bits per heavy atom. The van der Waals surface area contributed by atoms with E-state index in [-0.39, 0.29) is 0 Å². The van der Waals surface area contributed by atoms with Gasteiger partial charge in [0.05, 0.1) is 0 Å². The van der Waals surface area contributed by atoms with Crippen LogP contribution in [0.5, 0.6) is 0 Å². The molecular formula is C13H16O2S. The molecule has 86 valence electrons. The molecule has 0 saturated carbocycles. The van der Waals surface area contributed by atoms with Crippen LogP contribution in [0.2, 0.25) is 0 Å². The molecule has 1 N–H and O–H groups in total. The second-order valence-electron chi connectivity index (χ2n) is 3.53. The van der Waals surface area contributed by atoms with Gasteiger partial charge in [0, 0.05) is 10.5 Å². The first kappa shape index (κ1) is 12.8. The second kappa shape index (κ2) is 7.12. The SMILES string of the molecule is C=C(CCCCSc1ccccc1)C(=O)O. The smallest absolute Gasteiger partial charge is 0.330 e. The fraction of sp³-hybridized carbons (Fsp3) is 0.308. The minimum Gasteiger partial charge on any atom is -0.478 e. The molecule has 0 aliphatic carbocycles. The number of benzene rings is 1. The monoisotopic (exact) mass is 236 g/mol. The molecule has 2 nitrogen and oxygen atoms in total. The highest BCUT2D eigenvalue weighted by Crippen LogP contribution is 2.19. The van der Waals surface area contributed by atoms with Crippen LogP contribution in [0, 0.1) is 0 Å². The van der Waals surface area contributed by atoms with E-state index < -0.39 is 5.97 Å². The highest BCUT2D eigenvalue weighted by atomic mass is 32.2. The molecule has 0 saturated heterocycles. The van der Waals surface area contributed by atoms with E-state index in [4.69, 9.17) is 5.11 Å². The van der Waals surface area contributed by atoms with Crippen molar-refractivity contribution in [2.45, 2.75) is 24.2 Å². The first-order valence-electron chi connectivity index (χ1n) is 5.29. The summed E-state index contributed by atoms with van der Waals surface area (Å²) in [5.74, 6) is 0.146. The van der Waals surface area contributed by atoms with Crippen molar-refractivity contribution in [2.24, 2.45) is 0 Å². The molecule has 3 heteroatoms. The number of carboxylic acids is 1. The minimum absolute atomic E-state index is 0.310. The third kappa shape index (κ3) is 5.03. The molecule has 0 unspecified atom stereocenters. The Morgan fingerprint density at radius 1 is 1.25 bits per heavy atom. The summed E-state index contributed by atoms with van der Waals surface area (Å²) in [4.78, 5) is 11.7. The molecule has 0 aliphatic heterocycles. The number of rotatable bonds is 7. The van der Waals surface area contributed by atoms with Gasteiger partial charge in [-0.05, 0) is 37.1 Å².